The van der Waals surface area contributed by atoms with Crippen LogP contribution in [-0.2, 0) is 11.3 Å². The Labute approximate surface area is 159 Å². The first-order valence-electron chi connectivity index (χ1n) is 8.90. The van der Waals surface area contributed by atoms with Crippen LogP contribution in [0.2, 0.25) is 0 Å². The first kappa shape index (κ1) is 18.8. The van der Waals surface area contributed by atoms with Crippen LogP contribution in [0, 0.1) is 12.7 Å². The summed E-state index contributed by atoms with van der Waals surface area (Å²) in [4.78, 5) is 1.51. The van der Waals surface area contributed by atoms with E-state index in [1.165, 1.54) is 16.5 Å². The molecule has 6 heteroatoms. The number of morpholine rings is 1. The van der Waals surface area contributed by atoms with Gasteiger partial charge in [0.1, 0.15) is 31.6 Å². The molecular weight excluding hydrogens is 349 g/mol. The minimum atomic E-state index is -0.242. The van der Waals surface area contributed by atoms with E-state index in [-0.39, 0.29) is 11.9 Å². The SMILES string of the molecule is Cc1ccc(NC(=S)NC[C@@H]2C[NH+](Cc3ccccc3)CCO2)cc1F. The van der Waals surface area contributed by atoms with E-state index < -0.39 is 0 Å². The van der Waals surface area contributed by atoms with Gasteiger partial charge in [0.2, 0.25) is 0 Å². The molecule has 2 aromatic carbocycles. The van der Waals surface area contributed by atoms with E-state index in [0.717, 1.165) is 26.2 Å². The van der Waals surface area contributed by atoms with Crippen LogP contribution in [0.1, 0.15) is 11.1 Å². The van der Waals surface area contributed by atoms with E-state index in [0.29, 0.717) is 22.9 Å². The van der Waals surface area contributed by atoms with Gasteiger partial charge in [-0.2, -0.15) is 0 Å². The standard InChI is InChI=1S/C20H24FN3OS/c1-15-7-8-17(11-19(15)21)23-20(26)22-12-18-14-24(9-10-25-18)13-16-5-3-2-4-6-16/h2-8,11,18H,9-10,12-14H2,1H3,(H2,22,23,26)/p+1/t18-/m1/s1. The molecule has 1 heterocycles. The Hall–Kier alpha value is -2.02. The molecule has 1 saturated heterocycles. The van der Waals surface area contributed by atoms with Crippen LogP contribution >= 0.6 is 12.2 Å². The van der Waals surface area contributed by atoms with Crippen LogP contribution in [-0.4, -0.2) is 37.5 Å². The summed E-state index contributed by atoms with van der Waals surface area (Å²) in [6, 6.07) is 15.5. The number of rotatable bonds is 5. The largest absolute Gasteiger partial charge is 0.365 e. The van der Waals surface area contributed by atoms with Crippen molar-refractivity contribution in [2.24, 2.45) is 0 Å². The number of quaternary nitrogens is 1. The number of nitrogens with one attached hydrogen (secondary N) is 3. The van der Waals surface area contributed by atoms with Gasteiger partial charge in [0.25, 0.3) is 0 Å². The molecule has 0 aromatic heterocycles. The van der Waals surface area contributed by atoms with E-state index in [1.54, 1.807) is 13.0 Å². The molecule has 0 bridgehead atoms. The van der Waals surface area contributed by atoms with Crippen molar-refractivity contribution < 1.29 is 14.0 Å². The van der Waals surface area contributed by atoms with Crippen molar-refractivity contribution in [3.05, 3.63) is 65.5 Å². The van der Waals surface area contributed by atoms with Crippen molar-refractivity contribution in [1.82, 2.24) is 5.32 Å². The molecule has 1 aliphatic heterocycles. The number of benzene rings is 2. The van der Waals surface area contributed by atoms with Gasteiger partial charge in [-0.15, -0.1) is 0 Å². The number of hydrogen-bond donors (Lipinski definition) is 3. The van der Waals surface area contributed by atoms with Gasteiger partial charge in [0.15, 0.2) is 5.11 Å². The number of thiocarbonyl (C=S) groups is 1. The molecule has 2 atom stereocenters. The first-order valence-corrected chi connectivity index (χ1v) is 9.31. The van der Waals surface area contributed by atoms with Gasteiger partial charge in [-0.05, 0) is 36.8 Å². The van der Waals surface area contributed by atoms with E-state index >= 15 is 0 Å². The molecule has 1 aliphatic rings. The van der Waals surface area contributed by atoms with Crippen molar-refractivity contribution >= 4 is 23.0 Å². The smallest absolute Gasteiger partial charge is 0.170 e. The molecule has 0 saturated carbocycles. The monoisotopic (exact) mass is 374 g/mol. The summed E-state index contributed by atoms with van der Waals surface area (Å²) in [7, 11) is 0. The minimum absolute atomic E-state index is 0.108. The summed E-state index contributed by atoms with van der Waals surface area (Å²) in [6.07, 6.45) is 0.108. The van der Waals surface area contributed by atoms with Gasteiger partial charge in [0, 0.05) is 17.8 Å². The molecule has 1 fully saturated rings. The van der Waals surface area contributed by atoms with Gasteiger partial charge in [-0.3, -0.25) is 0 Å². The highest BCUT2D eigenvalue weighted by Gasteiger charge is 2.23. The third-order valence-corrected chi connectivity index (χ3v) is 4.79. The molecule has 26 heavy (non-hydrogen) atoms. The van der Waals surface area contributed by atoms with E-state index in [4.69, 9.17) is 17.0 Å². The summed E-state index contributed by atoms with van der Waals surface area (Å²) in [6.45, 7) is 6.07. The third-order valence-electron chi connectivity index (χ3n) is 4.54. The Morgan fingerprint density at radius 2 is 2.08 bits per heavy atom. The van der Waals surface area contributed by atoms with Gasteiger partial charge >= 0.3 is 0 Å². The van der Waals surface area contributed by atoms with Crippen LogP contribution in [0.15, 0.2) is 48.5 Å². The lowest BCUT2D eigenvalue weighted by Crippen LogP contribution is -3.13. The van der Waals surface area contributed by atoms with Gasteiger partial charge in [-0.1, -0.05) is 36.4 Å². The van der Waals surface area contributed by atoms with Crippen molar-refractivity contribution in [3.63, 3.8) is 0 Å². The van der Waals surface area contributed by atoms with Gasteiger partial charge in [0.05, 0.1) is 6.61 Å². The fourth-order valence-electron chi connectivity index (χ4n) is 3.08. The molecule has 2 aromatic rings. The zero-order chi connectivity index (χ0) is 18.4. The summed E-state index contributed by atoms with van der Waals surface area (Å²) < 4.78 is 19.5. The minimum Gasteiger partial charge on any atom is -0.365 e. The van der Waals surface area contributed by atoms with Crippen molar-refractivity contribution in [3.8, 4) is 0 Å². The fraction of sp³-hybridized carbons (Fsp3) is 0.350. The van der Waals surface area contributed by atoms with Crippen molar-refractivity contribution in [1.29, 1.82) is 0 Å². The highest BCUT2D eigenvalue weighted by molar-refractivity contribution is 7.80. The predicted octanol–water partition coefficient (Wildman–Crippen LogP) is 1.90. The zero-order valence-electron chi connectivity index (χ0n) is 14.9. The van der Waals surface area contributed by atoms with Crippen molar-refractivity contribution in [2.75, 3.05) is 31.6 Å². The maximum Gasteiger partial charge on any atom is 0.170 e. The molecule has 1 unspecified atom stereocenters. The molecule has 3 rings (SSSR count). The summed E-state index contributed by atoms with van der Waals surface area (Å²) in [5.41, 5.74) is 2.60. The Balaban J connectivity index is 1.44. The maximum absolute atomic E-state index is 13.6. The molecule has 0 aliphatic carbocycles. The normalized spacial score (nSPS) is 19.8. The second-order valence-electron chi connectivity index (χ2n) is 6.66. The van der Waals surface area contributed by atoms with Crippen LogP contribution in [0.5, 0.6) is 0 Å². The van der Waals surface area contributed by atoms with Crippen LogP contribution in [0.3, 0.4) is 0 Å². The molecule has 4 nitrogen and oxygen atoms in total. The van der Waals surface area contributed by atoms with Crippen molar-refractivity contribution in [2.45, 2.75) is 19.6 Å². The topological polar surface area (TPSA) is 37.7 Å². The predicted molar refractivity (Wildman–Crippen MR) is 106 cm³/mol. The fourth-order valence-corrected chi connectivity index (χ4v) is 3.28. The molecule has 0 radical (unpaired) electrons. The van der Waals surface area contributed by atoms with Gasteiger partial charge in [-0.25, -0.2) is 4.39 Å². The molecule has 0 amide bonds. The number of ether oxygens (including phenoxy) is 1. The Kier molecular flexibility index (Phi) is 6.55. The lowest BCUT2D eigenvalue weighted by molar-refractivity contribution is -0.925. The summed E-state index contributed by atoms with van der Waals surface area (Å²) in [5.74, 6) is -0.242. The highest BCUT2D eigenvalue weighted by atomic mass is 32.1. The zero-order valence-corrected chi connectivity index (χ0v) is 15.7. The average Bonchev–Trinajstić information content (AvgIpc) is 2.64. The molecule has 3 N–H and O–H groups in total. The Morgan fingerprint density at radius 1 is 1.27 bits per heavy atom. The van der Waals surface area contributed by atoms with Crippen LogP contribution in [0.4, 0.5) is 10.1 Å². The summed E-state index contributed by atoms with van der Waals surface area (Å²) >= 11 is 5.31. The third kappa shape index (κ3) is 5.49. The van der Waals surface area contributed by atoms with E-state index in [9.17, 15) is 4.39 Å². The average molecular weight is 375 g/mol. The Bertz CT molecular complexity index is 741. The van der Waals surface area contributed by atoms with Crippen LogP contribution < -0.4 is 15.5 Å². The molecule has 138 valence electrons. The highest BCUT2D eigenvalue weighted by Crippen LogP contribution is 2.13. The molecule has 0 spiro atoms. The second kappa shape index (κ2) is 9.07. The van der Waals surface area contributed by atoms with Gasteiger partial charge < -0.3 is 20.3 Å². The Morgan fingerprint density at radius 3 is 2.85 bits per heavy atom. The second-order valence-corrected chi connectivity index (χ2v) is 7.07. The maximum atomic E-state index is 13.6. The number of anilines is 1. The number of halogens is 1. The van der Waals surface area contributed by atoms with E-state index in [1.807, 2.05) is 12.1 Å². The number of hydrogen-bond acceptors (Lipinski definition) is 2. The lowest BCUT2D eigenvalue weighted by atomic mass is 10.2. The number of aryl methyl sites for hydroxylation is 1. The first-order chi connectivity index (χ1) is 12.6. The summed E-state index contributed by atoms with van der Waals surface area (Å²) in [5, 5.41) is 6.68. The van der Waals surface area contributed by atoms with E-state index in [2.05, 4.69) is 34.9 Å². The molecular formula is C20H25FN3OS+. The van der Waals surface area contributed by atoms with Crippen LogP contribution in [0.25, 0.3) is 0 Å². The quantitative estimate of drug-likeness (QED) is 0.699. The lowest BCUT2D eigenvalue weighted by Gasteiger charge is -2.30.